The van der Waals surface area contributed by atoms with Crippen molar-refractivity contribution in [3.63, 3.8) is 0 Å². The molecule has 5 heteroatoms. The molecule has 5 nitrogen and oxygen atoms in total. The third kappa shape index (κ3) is 5.19. The van der Waals surface area contributed by atoms with Crippen molar-refractivity contribution in [1.29, 1.82) is 0 Å². The Bertz CT molecular complexity index is 906. The zero-order chi connectivity index (χ0) is 18.9. The van der Waals surface area contributed by atoms with Gasteiger partial charge in [-0.1, -0.05) is 42.5 Å². The van der Waals surface area contributed by atoms with Crippen LogP contribution in [0, 0.1) is 0 Å². The lowest BCUT2D eigenvalue weighted by Crippen LogP contribution is -2.17. The van der Waals surface area contributed by atoms with Crippen molar-refractivity contribution in [2.45, 2.75) is 6.61 Å². The first-order valence-corrected chi connectivity index (χ1v) is 8.49. The summed E-state index contributed by atoms with van der Waals surface area (Å²) in [4.78, 5) is 12.2. The Kier molecular flexibility index (Phi) is 6.20. The molecule has 136 valence electrons. The smallest absolute Gasteiger partial charge is 0.271 e. The Hall–Kier alpha value is -3.60. The number of nitrogens with one attached hydrogen (secondary N) is 1. The van der Waals surface area contributed by atoms with Crippen molar-refractivity contribution >= 4 is 12.1 Å². The summed E-state index contributed by atoms with van der Waals surface area (Å²) in [6.45, 7) is 0.482. The van der Waals surface area contributed by atoms with Gasteiger partial charge in [0.2, 0.25) is 0 Å². The van der Waals surface area contributed by atoms with Crippen molar-refractivity contribution in [1.82, 2.24) is 5.43 Å². The summed E-state index contributed by atoms with van der Waals surface area (Å²) in [5.41, 5.74) is 4.88. The zero-order valence-corrected chi connectivity index (χ0v) is 15.0. The van der Waals surface area contributed by atoms with E-state index in [2.05, 4.69) is 10.5 Å². The van der Waals surface area contributed by atoms with Gasteiger partial charge >= 0.3 is 0 Å². The van der Waals surface area contributed by atoms with Crippen LogP contribution < -0.4 is 14.9 Å². The molecule has 0 aromatic heterocycles. The Balaban J connectivity index is 1.55. The zero-order valence-electron chi connectivity index (χ0n) is 15.0. The number of ether oxygens (including phenoxy) is 2. The van der Waals surface area contributed by atoms with Gasteiger partial charge in [-0.15, -0.1) is 0 Å². The SMILES string of the molecule is COc1ccccc1/C=N/NC(=O)c1ccc(OCc2ccccc2)cc1. The summed E-state index contributed by atoms with van der Waals surface area (Å²) in [6.07, 6.45) is 1.55. The predicted molar refractivity (Wildman–Crippen MR) is 105 cm³/mol. The highest BCUT2D eigenvalue weighted by Crippen LogP contribution is 2.15. The quantitative estimate of drug-likeness (QED) is 0.511. The number of amides is 1. The molecule has 0 fully saturated rings. The van der Waals surface area contributed by atoms with Gasteiger partial charge in [-0.3, -0.25) is 4.79 Å². The third-order valence-electron chi connectivity index (χ3n) is 3.87. The molecular weight excluding hydrogens is 340 g/mol. The van der Waals surface area contributed by atoms with Gasteiger partial charge in [-0.25, -0.2) is 5.43 Å². The molecule has 0 aliphatic rings. The molecule has 0 unspecified atom stereocenters. The van der Waals surface area contributed by atoms with E-state index in [9.17, 15) is 4.79 Å². The number of carbonyl (C=O) groups is 1. The average Bonchev–Trinajstić information content (AvgIpc) is 2.73. The number of nitrogens with zero attached hydrogens (tertiary/aromatic N) is 1. The van der Waals surface area contributed by atoms with E-state index >= 15 is 0 Å². The molecule has 0 bridgehead atoms. The van der Waals surface area contributed by atoms with Crippen molar-refractivity contribution in [3.05, 3.63) is 95.6 Å². The van der Waals surface area contributed by atoms with E-state index in [1.807, 2.05) is 54.6 Å². The fourth-order valence-corrected chi connectivity index (χ4v) is 2.44. The van der Waals surface area contributed by atoms with Gasteiger partial charge in [-0.05, 0) is 42.0 Å². The van der Waals surface area contributed by atoms with E-state index in [0.717, 1.165) is 11.1 Å². The van der Waals surface area contributed by atoms with Crippen LogP contribution in [0.25, 0.3) is 0 Å². The molecule has 1 N–H and O–H groups in total. The van der Waals surface area contributed by atoms with E-state index in [0.29, 0.717) is 23.7 Å². The van der Waals surface area contributed by atoms with E-state index < -0.39 is 0 Å². The molecule has 0 saturated heterocycles. The average molecular weight is 360 g/mol. The van der Waals surface area contributed by atoms with Crippen LogP contribution in [0.5, 0.6) is 11.5 Å². The number of methoxy groups -OCH3 is 1. The molecule has 0 atom stereocenters. The lowest BCUT2D eigenvalue weighted by molar-refractivity contribution is 0.0955. The molecule has 3 aromatic rings. The third-order valence-corrected chi connectivity index (χ3v) is 3.87. The number of rotatable bonds is 7. The molecule has 3 rings (SSSR count). The van der Waals surface area contributed by atoms with Crippen LogP contribution in [0.3, 0.4) is 0 Å². The van der Waals surface area contributed by atoms with Crippen molar-refractivity contribution < 1.29 is 14.3 Å². The molecule has 0 saturated carbocycles. The van der Waals surface area contributed by atoms with E-state index in [-0.39, 0.29) is 5.91 Å². The summed E-state index contributed by atoms with van der Waals surface area (Å²) < 4.78 is 11.0. The Morgan fingerprint density at radius 2 is 1.67 bits per heavy atom. The van der Waals surface area contributed by atoms with Crippen molar-refractivity contribution in [2.75, 3.05) is 7.11 Å². The Morgan fingerprint density at radius 1 is 0.963 bits per heavy atom. The van der Waals surface area contributed by atoms with Crippen LogP contribution in [-0.4, -0.2) is 19.2 Å². The Morgan fingerprint density at radius 3 is 2.41 bits per heavy atom. The van der Waals surface area contributed by atoms with Crippen LogP contribution in [0.4, 0.5) is 0 Å². The lowest BCUT2D eigenvalue weighted by Gasteiger charge is -2.07. The fourth-order valence-electron chi connectivity index (χ4n) is 2.44. The van der Waals surface area contributed by atoms with Crippen LogP contribution in [-0.2, 0) is 6.61 Å². The fraction of sp³-hybridized carbons (Fsp3) is 0.0909. The summed E-state index contributed by atoms with van der Waals surface area (Å²) >= 11 is 0. The van der Waals surface area contributed by atoms with Crippen LogP contribution in [0.2, 0.25) is 0 Å². The molecule has 0 heterocycles. The van der Waals surface area contributed by atoms with Crippen LogP contribution in [0.1, 0.15) is 21.5 Å². The monoisotopic (exact) mass is 360 g/mol. The van der Waals surface area contributed by atoms with Gasteiger partial charge in [0.1, 0.15) is 18.1 Å². The summed E-state index contributed by atoms with van der Waals surface area (Å²) in [5.74, 6) is 1.10. The topological polar surface area (TPSA) is 59.9 Å². The largest absolute Gasteiger partial charge is 0.496 e. The minimum Gasteiger partial charge on any atom is -0.496 e. The van der Waals surface area contributed by atoms with Crippen LogP contribution >= 0.6 is 0 Å². The molecule has 3 aromatic carbocycles. The maximum absolute atomic E-state index is 12.2. The minimum absolute atomic E-state index is 0.296. The maximum atomic E-state index is 12.2. The number of benzene rings is 3. The van der Waals surface area contributed by atoms with Gasteiger partial charge < -0.3 is 9.47 Å². The predicted octanol–water partition coefficient (Wildman–Crippen LogP) is 4.04. The second kappa shape index (κ2) is 9.20. The first-order chi connectivity index (χ1) is 13.3. The van der Waals surface area contributed by atoms with Gasteiger partial charge in [0.15, 0.2) is 0 Å². The van der Waals surface area contributed by atoms with Crippen molar-refractivity contribution in [2.24, 2.45) is 5.10 Å². The second-order valence-corrected chi connectivity index (χ2v) is 5.74. The van der Waals surface area contributed by atoms with E-state index in [1.165, 1.54) is 0 Å². The second-order valence-electron chi connectivity index (χ2n) is 5.74. The maximum Gasteiger partial charge on any atom is 0.271 e. The number of para-hydroxylation sites is 1. The molecule has 0 spiro atoms. The highest BCUT2D eigenvalue weighted by atomic mass is 16.5. The van der Waals surface area contributed by atoms with Gasteiger partial charge in [0.25, 0.3) is 5.91 Å². The number of hydrazone groups is 1. The van der Waals surface area contributed by atoms with E-state index in [4.69, 9.17) is 9.47 Å². The minimum atomic E-state index is -0.296. The number of hydrogen-bond donors (Lipinski definition) is 1. The summed E-state index contributed by atoms with van der Waals surface area (Å²) in [7, 11) is 1.59. The number of hydrogen-bond acceptors (Lipinski definition) is 4. The van der Waals surface area contributed by atoms with Crippen molar-refractivity contribution in [3.8, 4) is 11.5 Å². The van der Waals surface area contributed by atoms with Gasteiger partial charge in [-0.2, -0.15) is 5.10 Å². The molecule has 27 heavy (non-hydrogen) atoms. The van der Waals surface area contributed by atoms with Gasteiger partial charge in [0.05, 0.1) is 13.3 Å². The molecular formula is C22H20N2O3. The first kappa shape index (κ1) is 18.2. The highest BCUT2D eigenvalue weighted by Gasteiger charge is 2.05. The van der Waals surface area contributed by atoms with Gasteiger partial charge in [0, 0.05) is 11.1 Å². The van der Waals surface area contributed by atoms with Crippen LogP contribution in [0.15, 0.2) is 84.0 Å². The Labute approximate surface area is 158 Å². The molecule has 0 aliphatic heterocycles. The number of carbonyl (C=O) groups excluding carboxylic acids is 1. The molecule has 0 aliphatic carbocycles. The molecule has 0 radical (unpaired) electrons. The van der Waals surface area contributed by atoms with E-state index in [1.54, 1.807) is 37.6 Å². The normalized spacial score (nSPS) is 10.6. The standard InChI is InChI=1S/C22H20N2O3/c1-26-21-10-6-5-9-19(21)15-23-24-22(25)18-11-13-20(14-12-18)27-16-17-7-3-2-4-8-17/h2-15H,16H2,1H3,(H,24,25)/b23-15+. The first-order valence-electron chi connectivity index (χ1n) is 8.49. The molecule has 1 amide bonds. The summed E-state index contributed by atoms with van der Waals surface area (Å²) in [5, 5.41) is 3.99. The lowest BCUT2D eigenvalue weighted by atomic mass is 10.2. The highest BCUT2D eigenvalue weighted by molar-refractivity contribution is 5.95. The summed E-state index contributed by atoms with van der Waals surface area (Å²) in [6, 6.07) is 24.3.